The first kappa shape index (κ1) is 25.9. The molecule has 1 amide bonds. The SMILES string of the molecule is C=CCOc1c(Br)cc(/C=C(\C#N)C(=O)Nc2ccc(OCc3ccccc3Cl)cc2)cc1OC. The quantitative estimate of drug-likeness (QED) is 0.170. The second-order valence-electron chi connectivity index (χ2n) is 7.16. The van der Waals surface area contributed by atoms with Gasteiger partial charge < -0.3 is 19.5 Å². The zero-order valence-corrected chi connectivity index (χ0v) is 21.2. The lowest BCUT2D eigenvalue weighted by atomic mass is 10.1. The van der Waals surface area contributed by atoms with Crippen molar-refractivity contribution >= 4 is 45.2 Å². The average Bonchev–Trinajstić information content (AvgIpc) is 2.86. The molecule has 178 valence electrons. The lowest BCUT2D eigenvalue weighted by Gasteiger charge is -2.12. The van der Waals surface area contributed by atoms with Crippen LogP contribution < -0.4 is 19.5 Å². The van der Waals surface area contributed by atoms with Gasteiger partial charge in [-0.1, -0.05) is 42.5 Å². The Bertz CT molecular complexity index is 1280. The van der Waals surface area contributed by atoms with Crippen LogP contribution in [0.1, 0.15) is 11.1 Å². The largest absolute Gasteiger partial charge is 0.493 e. The number of hydrogen-bond acceptors (Lipinski definition) is 5. The molecule has 0 aromatic heterocycles. The van der Waals surface area contributed by atoms with E-state index in [2.05, 4.69) is 27.8 Å². The summed E-state index contributed by atoms with van der Waals surface area (Å²) < 4.78 is 17.4. The van der Waals surface area contributed by atoms with Crippen LogP contribution in [0.15, 0.2) is 83.4 Å². The fourth-order valence-corrected chi connectivity index (χ4v) is 3.79. The lowest BCUT2D eigenvalue weighted by Crippen LogP contribution is -2.13. The molecule has 0 fully saturated rings. The highest BCUT2D eigenvalue weighted by molar-refractivity contribution is 9.10. The van der Waals surface area contributed by atoms with E-state index in [1.165, 1.54) is 13.2 Å². The van der Waals surface area contributed by atoms with Crippen molar-refractivity contribution in [1.82, 2.24) is 0 Å². The van der Waals surface area contributed by atoms with E-state index < -0.39 is 5.91 Å². The number of hydrogen-bond donors (Lipinski definition) is 1. The molecular weight excluding hydrogens is 532 g/mol. The highest BCUT2D eigenvalue weighted by Gasteiger charge is 2.14. The normalized spacial score (nSPS) is 10.7. The predicted molar refractivity (Wildman–Crippen MR) is 141 cm³/mol. The number of carbonyl (C=O) groups is 1. The summed E-state index contributed by atoms with van der Waals surface area (Å²) in [6, 6.07) is 19.6. The summed E-state index contributed by atoms with van der Waals surface area (Å²) in [7, 11) is 1.51. The minimum atomic E-state index is -0.542. The number of benzene rings is 3. The van der Waals surface area contributed by atoms with E-state index >= 15 is 0 Å². The number of nitrogens with zero attached hydrogens (tertiary/aromatic N) is 1. The van der Waals surface area contributed by atoms with Gasteiger partial charge in [-0.2, -0.15) is 5.26 Å². The van der Waals surface area contributed by atoms with E-state index in [4.69, 9.17) is 25.8 Å². The van der Waals surface area contributed by atoms with Gasteiger partial charge in [0.1, 0.15) is 30.6 Å². The van der Waals surface area contributed by atoms with Crippen molar-refractivity contribution in [3.05, 3.63) is 99.5 Å². The predicted octanol–water partition coefficient (Wildman–Crippen LogP) is 6.80. The fraction of sp³-hybridized carbons (Fsp3) is 0.111. The van der Waals surface area contributed by atoms with E-state index in [0.717, 1.165) is 5.56 Å². The van der Waals surface area contributed by atoms with Crippen LogP contribution in [0.5, 0.6) is 17.2 Å². The van der Waals surface area contributed by atoms with Crippen LogP contribution in [0.4, 0.5) is 5.69 Å². The number of methoxy groups -OCH3 is 1. The van der Waals surface area contributed by atoms with Crippen LogP contribution in [0.3, 0.4) is 0 Å². The molecule has 1 N–H and O–H groups in total. The Morgan fingerprint density at radius 3 is 2.57 bits per heavy atom. The van der Waals surface area contributed by atoms with Crippen molar-refractivity contribution in [3.63, 3.8) is 0 Å². The molecule has 0 aliphatic heterocycles. The molecule has 0 unspecified atom stereocenters. The molecule has 0 saturated heterocycles. The standard InChI is InChI=1S/C27H22BrClN2O4/c1-3-12-34-26-23(28)14-18(15-25(26)33-2)13-20(16-30)27(32)31-21-8-10-22(11-9-21)35-17-19-6-4-5-7-24(19)29/h3-11,13-15H,1,12,17H2,2H3,(H,31,32)/b20-13+. The first-order chi connectivity index (χ1) is 16.9. The summed E-state index contributed by atoms with van der Waals surface area (Å²) in [4.78, 5) is 12.7. The van der Waals surface area contributed by atoms with Gasteiger partial charge in [-0.3, -0.25) is 4.79 Å². The Balaban J connectivity index is 1.69. The minimum absolute atomic E-state index is 0.0715. The molecule has 6 nitrogen and oxygen atoms in total. The minimum Gasteiger partial charge on any atom is -0.493 e. The van der Waals surface area contributed by atoms with Gasteiger partial charge in [0.05, 0.1) is 11.6 Å². The molecule has 35 heavy (non-hydrogen) atoms. The second kappa shape index (κ2) is 12.7. The topological polar surface area (TPSA) is 80.6 Å². The van der Waals surface area contributed by atoms with E-state index in [9.17, 15) is 10.1 Å². The third-order valence-electron chi connectivity index (χ3n) is 4.74. The summed E-state index contributed by atoms with van der Waals surface area (Å²) in [6.45, 7) is 4.26. The van der Waals surface area contributed by atoms with Gasteiger partial charge in [0.2, 0.25) is 0 Å². The number of ether oxygens (including phenoxy) is 3. The van der Waals surface area contributed by atoms with E-state index in [-0.39, 0.29) is 5.57 Å². The summed E-state index contributed by atoms with van der Waals surface area (Å²) in [5.74, 6) is 1.04. The zero-order chi connectivity index (χ0) is 25.2. The second-order valence-corrected chi connectivity index (χ2v) is 8.42. The number of nitrogens with one attached hydrogen (secondary N) is 1. The molecule has 8 heteroatoms. The molecule has 0 aliphatic carbocycles. The first-order valence-corrected chi connectivity index (χ1v) is 11.6. The van der Waals surface area contributed by atoms with Crippen LogP contribution in [0.25, 0.3) is 6.08 Å². The third-order valence-corrected chi connectivity index (χ3v) is 5.70. The fourth-order valence-electron chi connectivity index (χ4n) is 3.03. The third kappa shape index (κ3) is 7.12. The average molecular weight is 554 g/mol. The molecule has 0 atom stereocenters. The Hall–Kier alpha value is -3.73. The monoisotopic (exact) mass is 552 g/mol. The van der Waals surface area contributed by atoms with E-state index in [0.29, 0.717) is 51.2 Å². The number of carbonyl (C=O) groups excluding carboxylic acids is 1. The molecule has 0 heterocycles. The van der Waals surface area contributed by atoms with E-state index in [1.54, 1.807) is 48.5 Å². The van der Waals surface area contributed by atoms with Crippen LogP contribution in [0, 0.1) is 11.3 Å². The van der Waals surface area contributed by atoms with Crippen LogP contribution in [0.2, 0.25) is 5.02 Å². The Kier molecular flexibility index (Phi) is 9.36. The van der Waals surface area contributed by atoms with E-state index in [1.807, 2.05) is 24.3 Å². The number of amides is 1. The van der Waals surface area contributed by atoms with Gasteiger partial charge in [-0.05, 0) is 70.0 Å². The Labute approximate surface area is 217 Å². The smallest absolute Gasteiger partial charge is 0.266 e. The van der Waals surface area contributed by atoms with Crippen molar-refractivity contribution < 1.29 is 19.0 Å². The summed E-state index contributed by atoms with van der Waals surface area (Å²) in [5, 5.41) is 12.9. The maximum absolute atomic E-state index is 12.7. The van der Waals surface area contributed by atoms with Gasteiger partial charge in [0.15, 0.2) is 11.5 Å². The molecule has 0 aliphatic rings. The lowest BCUT2D eigenvalue weighted by molar-refractivity contribution is -0.112. The number of anilines is 1. The molecule has 0 saturated carbocycles. The van der Waals surface area contributed by atoms with Crippen molar-refractivity contribution in [2.24, 2.45) is 0 Å². The molecule has 0 spiro atoms. The number of halogens is 2. The van der Waals surface area contributed by atoms with Crippen molar-refractivity contribution in [2.45, 2.75) is 6.61 Å². The Morgan fingerprint density at radius 2 is 1.91 bits per heavy atom. The van der Waals surface area contributed by atoms with Gasteiger partial charge in [-0.25, -0.2) is 0 Å². The van der Waals surface area contributed by atoms with Crippen LogP contribution in [-0.2, 0) is 11.4 Å². The molecule has 3 rings (SSSR count). The van der Waals surface area contributed by atoms with Gasteiger partial charge in [-0.15, -0.1) is 0 Å². The summed E-state index contributed by atoms with van der Waals surface area (Å²) in [5.41, 5.74) is 1.92. The maximum atomic E-state index is 12.7. The molecule has 0 bridgehead atoms. The van der Waals surface area contributed by atoms with Crippen LogP contribution in [-0.4, -0.2) is 19.6 Å². The van der Waals surface area contributed by atoms with Gasteiger partial charge >= 0.3 is 0 Å². The number of nitriles is 1. The van der Waals surface area contributed by atoms with Gasteiger partial charge in [0, 0.05) is 16.3 Å². The Morgan fingerprint density at radius 1 is 1.17 bits per heavy atom. The van der Waals surface area contributed by atoms with Crippen LogP contribution >= 0.6 is 27.5 Å². The highest BCUT2D eigenvalue weighted by Crippen LogP contribution is 2.37. The number of rotatable bonds is 10. The first-order valence-electron chi connectivity index (χ1n) is 10.5. The molecule has 3 aromatic carbocycles. The van der Waals surface area contributed by atoms with Gasteiger partial charge in [0.25, 0.3) is 5.91 Å². The van der Waals surface area contributed by atoms with Crippen molar-refractivity contribution in [2.75, 3.05) is 19.0 Å². The molecular formula is C27H22BrClN2O4. The highest BCUT2D eigenvalue weighted by atomic mass is 79.9. The van der Waals surface area contributed by atoms with Crippen molar-refractivity contribution in [3.8, 4) is 23.3 Å². The summed E-state index contributed by atoms with van der Waals surface area (Å²) in [6.07, 6.45) is 3.09. The molecule has 3 aromatic rings. The molecule has 0 radical (unpaired) electrons. The maximum Gasteiger partial charge on any atom is 0.266 e. The van der Waals surface area contributed by atoms with Crippen molar-refractivity contribution in [1.29, 1.82) is 5.26 Å². The summed E-state index contributed by atoms with van der Waals surface area (Å²) >= 11 is 9.59. The zero-order valence-electron chi connectivity index (χ0n) is 18.9.